The predicted octanol–water partition coefficient (Wildman–Crippen LogP) is -1.44. The van der Waals surface area contributed by atoms with Crippen molar-refractivity contribution in [2.24, 2.45) is 0 Å². The largest absolute Gasteiger partial charge is 1.00 e. The number of hydrogen-bond acceptors (Lipinski definition) is 1. The Kier molecular flexibility index (Phi) is 4.80. The van der Waals surface area contributed by atoms with Gasteiger partial charge in [-0.2, -0.15) is 0 Å². The highest BCUT2D eigenvalue weighted by Gasteiger charge is 2.35. The van der Waals surface area contributed by atoms with Crippen LogP contribution in [0.25, 0.3) is 0 Å². The first-order valence-corrected chi connectivity index (χ1v) is 4.57. The van der Waals surface area contributed by atoms with Gasteiger partial charge < -0.3 is 12.4 Å². The summed E-state index contributed by atoms with van der Waals surface area (Å²) in [6.45, 7) is 4.29. The molecular weight excluding hydrogens is 174 g/mol. The van der Waals surface area contributed by atoms with Crippen LogP contribution in [0.5, 0.6) is 0 Å². The summed E-state index contributed by atoms with van der Waals surface area (Å²) in [7, 11) is 2.07. The predicted molar refractivity (Wildman–Crippen MR) is 45.1 cm³/mol. The minimum atomic E-state index is 0. The van der Waals surface area contributed by atoms with Gasteiger partial charge in [0, 0.05) is 6.42 Å². The average molecular weight is 192 g/mol. The van der Waals surface area contributed by atoms with E-state index < -0.39 is 0 Å². The van der Waals surface area contributed by atoms with Crippen molar-refractivity contribution >= 4 is 5.91 Å². The van der Waals surface area contributed by atoms with Crippen molar-refractivity contribution in [3.8, 4) is 0 Å². The zero-order chi connectivity index (χ0) is 8.32. The molecule has 0 aromatic rings. The summed E-state index contributed by atoms with van der Waals surface area (Å²) >= 11 is 0. The molecule has 1 fully saturated rings. The van der Waals surface area contributed by atoms with Gasteiger partial charge in [-0.1, -0.05) is 13.3 Å². The van der Waals surface area contributed by atoms with E-state index in [0.717, 1.165) is 25.9 Å². The number of rotatable bonds is 3. The molecule has 1 saturated heterocycles. The molecule has 0 saturated carbocycles. The van der Waals surface area contributed by atoms with E-state index in [1.54, 1.807) is 0 Å². The summed E-state index contributed by atoms with van der Waals surface area (Å²) in [5, 5.41) is 0. The van der Waals surface area contributed by atoms with Gasteiger partial charge in [-0.15, -0.1) is 0 Å². The van der Waals surface area contributed by atoms with E-state index in [1.807, 2.05) is 0 Å². The van der Waals surface area contributed by atoms with Gasteiger partial charge in [0.2, 0.25) is 0 Å². The third kappa shape index (κ3) is 2.46. The second-order valence-electron chi connectivity index (χ2n) is 3.69. The summed E-state index contributed by atoms with van der Waals surface area (Å²) in [5.74, 6) is 0.443. The lowest BCUT2D eigenvalue weighted by Gasteiger charge is -2.25. The maximum absolute atomic E-state index is 11.4. The molecule has 1 unspecified atom stereocenters. The number of likely N-dealkylation sites (tertiary alicyclic amines) is 1. The first-order chi connectivity index (χ1) is 5.19. The SMILES string of the molecule is CCCC[N+]1(C)CCCC1=O.[Cl-]. The Morgan fingerprint density at radius 2 is 2.17 bits per heavy atom. The molecule has 0 spiro atoms. The lowest BCUT2D eigenvalue weighted by atomic mass is 10.3. The summed E-state index contributed by atoms with van der Waals surface area (Å²) in [4.78, 5) is 11.4. The van der Waals surface area contributed by atoms with Crippen LogP contribution in [-0.2, 0) is 4.79 Å². The molecule has 2 nitrogen and oxygen atoms in total. The van der Waals surface area contributed by atoms with Gasteiger partial charge in [-0.25, -0.2) is 4.79 Å². The van der Waals surface area contributed by atoms with E-state index in [1.165, 1.54) is 12.8 Å². The van der Waals surface area contributed by atoms with E-state index in [-0.39, 0.29) is 12.4 Å². The van der Waals surface area contributed by atoms with Crippen LogP contribution in [-0.4, -0.2) is 30.5 Å². The smallest absolute Gasteiger partial charge is 0.313 e. The van der Waals surface area contributed by atoms with E-state index in [4.69, 9.17) is 0 Å². The molecule has 12 heavy (non-hydrogen) atoms. The summed E-state index contributed by atoms with van der Waals surface area (Å²) < 4.78 is 0.702. The first kappa shape index (κ1) is 11.9. The molecule has 1 amide bonds. The summed E-state index contributed by atoms with van der Waals surface area (Å²) in [6, 6.07) is 0. The van der Waals surface area contributed by atoms with Gasteiger partial charge in [0.25, 0.3) is 0 Å². The molecule has 0 bridgehead atoms. The quantitative estimate of drug-likeness (QED) is 0.500. The Bertz CT molecular complexity index is 161. The number of carbonyl (C=O) groups excluding carboxylic acids is 1. The minimum Gasteiger partial charge on any atom is -1.00 e. The molecule has 0 N–H and O–H groups in total. The molecule has 0 aromatic carbocycles. The van der Waals surface area contributed by atoms with E-state index >= 15 is 0 Å². The molecular formula is C9H18ClNO. The van der Waals surface area contributed by atoms with Crippen LogP contribution < -0.4 is 12.4 Å². The van der Waals surface area contributed by atoms with Crippen molar-refractivity contribution in [1.82, 2.24) is 0 Å². The van der Waals surface area contributed by atoms with Crippen molar-refractivity contribution in [1.29, 1.82) is 0 Å². The number of unbranched alkanes of at least 4 members (excludes halogenated alkanes) is 1. The van der Waals surface area contributed by atoms with Crippen LogP contribution in [0.4, 0.5) is 0 Å². The molecule has 1 rings (SSSR count). The molecule has 0 aromatic heterocycles. The minimum absolute atomic E-state index is 0. The molecule has 1 atom stereocenters. The van der Waals surface area contributed by atoms with Crippen molar-refractivity contribution in [2.45, 2.75) is 32.6 Å². The van der Waals surface area contributed by atoms with Crippen molar-refractivity contribution in [3.63, 3.8) is 0 Å². The zero-order valence-electron chi connectivity index (χ0n) is 7.98. The highest BCUT2D eigenvalue weighted by molar-refractivity contribution is 5.70. The number of hydrogen-bond donors (Lipinski definition) is 0. The van der Waals surface area contributed by atoms with Crippen LogP contribution in [0.3, 0.4) is 0 Å². The second-order valence-corrected chi connectivity index (χ2v) is 3.69. The molecule has 3 heteroatoms. The highest BCUT2D eigenvalue weighted by atomic mass is 35.5. The van der Waals surface area contributed by atoms with Crippen molar-refractivity contribution in [3.05, 3.63) is 0 Å². The van der Waals surface area contributed by atoms with Gasteiger partial charge >= 0.3 is 5.91 Å². The van der Waals surface area contributed by atoms with Crippen LogP contribution in [0.2, 0.25) is 0 Å². The van der Waals surface area contributed by atoms with Crippen molar-refractivity contribution in [2.75, 3.05) is 20.1 Å². The molecule has 1 aliphatic heterocycles. The van der Waals surface area contributed by atoms with Crippen LogP contribution >= 0.6 is 0 Å². The normalized spacial score (nSPS) is 28.7. The fraction of sp³-hybridized carbons (Fsp3) is 0.889. The molecule has 1 aliphatic rings. The van der Waals surface area contributed by atoms with E-state index in [0.29, 0.717) is 10.4 Å². The topological polar surface area (TPSA) is 17.1 Å². The Morgan fingerprint density at radius 3 is 2.58 bits per heavy atom. The summed E-state index contributed by atoms with van der Waals surface area (Å²) in [5.41, 5.74) is 0. The Morgan fingerprint density at radius 1 is 1.50 bits per heavy atom. The number of amides is 1. The Labute approximate surface area is 80.9 Å². The third-order valence-corrected chi connectivity index (χ3v) is 2.65. The molecule has 0 radical (unpaired) electrons. The molecule has 1 heterocycles. The van der Waals surface area contributed by atoms with Crippen LogP contribution in [0, 0.1) is 0 Å². The van der Waals surface area contributed by atoms with E-state index in [2.05, 4.69) is 14.0 Å². The fourth-order valence-electron chi connectivity index (χ4n) is 1.72. The van der Waals surface area contributed by atoms with Crippen LogP contribution in [0.1, 0.15) is 32.6 Å². The van der Waals surface area contributed by atoms with Gasteiger partial charge in [0.15, 0.2) is 0 Å². The van der Waals surface area contributed by atoms with Crippen molar-refractivity contribution < 1.29 is 21.7 Å². The standard InChI is InChI=1S/C9H18NO.ClH/c1-3-4-7-10(2)8-5-6-9(10)11;/h3-8H2,1-2H3;1H/q+1;/p-1. The fourth-order valence-corrected chi connectivity index (χ4v) is 1.72. The van der Waals surface area contributed by atoms with Gasteiger partial charge in [-0.3, -0.25) is 4.48 Å². The van der Waals surface area contributed by atoms with E-state index in [9.17, 15) is 4.79 Å². The summed E-state index contributed by atoms with van der Waals surface area (Å²) in [6.07, 6.45) is 4.28. The number of carbonyl (C=O) groups is 1. The zero-order valence-corrected chi connectivity index (χ0v) is 8.73. The number of nitrogens with zero attached hydrogens (tertiary/aromatic N) is 1. The second kappa shape index (κ2) is 4.83. The Hall–Kier alpha value is -0.0800. The maximum atomic E-state index is 11.4. The van der Waals surface area contributed by atoms with Gasteiger partial charge in [0.1, 0.15) is 0 Å². The maximum Gasteiger partial charge on any atom is 0.313 e. The first-order valence-electron chi connectivity index (χ1n) is 4.57. The molecule has 72 valence electrons. The number of halogens is 1. The Balaban J connectivity index is 0.00000121. The van der Waals surface area contributed by atoms with Crippen LogP contribution in [0.15, 0.2) is 0 Å². The third-order valence-electron chi connectivity index (χ3n) is 2.65. The highest BCUT2D eigenvalue weighted by Crippen LogP contribution is 2.18. The lowest BCUT2D eigenvalue weighted by Crippen LogP contribution is -3.00. The molecule has 0 aliphatic carbocycles. The monoisotopic (exact) mass is 191 g/mol. The lowest BCUT2D eigenvalue weighted by molar-refractivity contribution is -0.826. The number of quaternary nitrogens is 1. The van der Waals surface area contributed by atoms with Gasteiger partial charge in [0.05, 0.1) is 26.6 Å². The average Bonchev–Trinajstić information content (AvgIpc) is 2.30. The van der Waals surface area contributed by atoms with Gasteiger partial charge in [-0.05, 0) is 6.42 Å².